The van der Waals surface area contributed by atoms with Crippen LogP contribution in [0.5, 0.6) is 0 Å². The number of hydrogen-bond acceptors (Lipinski definition) is 5. The van der Waals surface area contributed by atoms with Gasteiger partial charge in [0.15, 0.2) is 5.69 Å². The molecule has 0 unspecified atom stereocenters. The highest BCUT2D eigenvalue weighted by Crippen LogP contribution is 2.34. The molecule has 1 aromatic heterocycles. The lowest BCUT2D eigenvalue weighted by molar-refractivity contribution is 0.0591. The SMILES string of the molecule is COC(=O)c1nc(C2CCC(C)CC2)nc2c1CNC2. The Labute approximate surface area is 119 Å². The number of rotatable bonds is 2. The van der Waals surface area contributed by atoms with E-state index in [1.807, 2.05) is 0 Å². The van der Waals surface area contributed by atoms with E-state index in [2.05, 4.69) is 17.2 Å². The maximum absolute atomic E-state index is 11.9. The molecule has 1 saturated carbocycles. The van der Waals surface area contributed by atoms with Gasteiger partial charge in [-0.15, -0.1) is 0 Å². The van der Waals surface area contributed by atoms with Crippen molar-refractivity contribution in [1.82, 2.24) is 15.3 Å². The first kappa shape index (κ1) is 13.5. The summed E-state index contributed by atoms with van der Waals surface area (Å²) >= 11 is 0. The second-order valence-corrected chi connectivity index (χ2v) is 5.91. The second-order valence-electron chi connectivity index (χ2n) is 5.91. The third-order valence-corrected chi connectivity index (χ3v) is 4.46. The molecule has 1 N–H and O–H groups in total. The van der Waals surface area contributed by atoms with Gasteiger partial charge in [0, 0.05) is 24.6 Å². The summed E-state index contributed by atoms with van der Waals surface area (Å²) in [6.45, 7) is 3.67. The molecule has 2 heterocycles. The molecule has 0 spiro atoms. The van der Waals surface area contributed by atoms with Crippen LogP contribution in [-0.4, -0.2) is 23.0 Å². The Kier molecular flexibility index (Phi) is 3.70. The van der Waals surface area contributed by atoms with Crippen LogP contribution < -0.4 is 5.32 Å². The lowest BCUT2D eigenvalue weighted by Crippen LogP contribution is -2.18. The Morgan fingerprint density at radius 3 is 2.65 bits per heavy atom. The molecule has 0 bridgehead atoms. The molecule has 3 rings (SSSR count). The summed E-state index contributed by atoms with van der Waals surface area (Å²) in [7, 11) is 1.40. The van der Waals surface area contributed by atoms with E-state index < -0.39 is 0 Å². The Balaban J connectivity index is 1.94. The van der Waals surface area contributed by atoms with Crippen molar-refractivity contribution >= 4 is 5.97 Å². The summed E-state index contributed by atoms with van der Waals surface area (Å²) in [4.78, 5) is 21.2. The number of fused-ring (bicyclic) bond motifs is 1. The summed E-state index contributed by atoms with van der Waals surface area (Å²) in [6.07, 6.45) is 4.68. The number of aromatic nitrogens is 2. The van der Waals surface area contributed by atoms with Crippen LogP contribution in [0.1, 0.15) is 66.1 Å². The van der Waals surface area contributed by atoms with Gasteiger partial charge in [-0.1, -0.05) is 19.8 Å². The summed E-state index contributed by atoms with van der Waals surface area (Å²) < 4.78 is 4.86. The minimum absolute atomic E-state index is 0.349. The number of ether oxygens (including phenoxy) is 1. The molecule has 5 heteroatoms. The fourth-order valence-corrected chi connectivity index (χ4v) is 3.15. The third kappa shape index (κ3) is 2.42. The van der Waals surface area contributed by atoms with E-state index in [0.717, 1.165) is 42.4 Å². The van der Waals surface area contributed by atoms with E-state index in [4.69, 9.17) is 9.72 Å². The van der Waals surface area contributed by atoms with Crippen LogP contribution in [0.2, 0.25) is 0 Å². The van der Waals surface area contributed by atoms with Crippen LogP contribution in [-0.2, 0) is 17.8 Å². The topological polar surface area (TPSA) is 64.1 Å². The van der Waals surface area contributed by atoms with E-state index >= 15 is 0 Å². The molecule has 5 nitrogen and oxygen atoms in total. The molecule has 0 amide bonds. The summed E-state index contributed by atoms with van der Waals surface area (Å²) in [6, 6.07) is 0. The molecule has 108 valence electrons. The van der Waals surface area contributed by atoms with Gasteiger partial charge in [-0.25, -0.2) is 14.8 Å². The van der Waals surface area contributed by atoms with Crippen LogP contribution in [0, 0.1) is 5.92 Å². The monoisotopic (exact) mass is 275 g/mol. The number of methoxy groups -OCH3 is 1. The normalized spacial score (nSPS) is 25.3. The van der Waals surface area contributed by atoms with Crippen molar-refractivity contribution in [2.45, 2.75) is 51.6 Å². The Bertz CT molecular complexity index is 522. The van der Waals surface area contributed by atoms with E-state index in [1.54, 1.807) is 0 Å². The fraction of sp³-hybridized carbons (Fsp3) is 0.667. The van der Waals surface area contributed by atoms with E-state index in [0.29, 0.717) is 18.2 Å². The first-order valence-corrected chi connectivity index (χ1v) is 7.37. The quantitative estimate of drug-likeness (QED) is 0.838. The largest absolute Gasteiger partial charge is 0.464 e. The number of esters is 1. The predicted octanol–water partition coefficient (Wildman–Crippen LogP) is 2.16. The van der Waals surface area contributed by atoms with Crippen molar-refractivity contribution < 1.29 is 9.53 Å². The van der Waals surface area contributed by atoms with Crippen LogP contribution in [0.3, 0.4) is 0 Å². The van der Waals surface area contributed by atoms with Gasteiger partial charge in [0.2, 0.25) is 0 Å². The van der Waals surface area contributed by atoms with Crippen LogP contribution in [0.25, 0.3) is 0 Å². The molecule has 0 aromatic carbocycles. The Hall–Kier alpha value is -1.49. The molecule has 1 aromatic rings. The number of nitrogens with one attached hydrogen (secondary N) is 1. The van der Waals surface area contributed by atoms with Gasteiger partial charge in [-0.05, 0) is 18.8 Å². The summed E-state index contributed by atoms with van der Waals surface area (Å²) in [5, 5.41) is 3.23. The van der Waals surface area contributed by atoms with Gasteiger partial charge in [0.25, 0.3) is 0 Å². The number of carbonyl (C=O) groups excluding carboxylic acids is 1. The maximum atomic E-state index is 11.9. The minimum atomic E-state index is -0.349. The molecule has 20 heavy (non-hydrogen) atoms. The lowest BCUT2D eigenvalue weighted by atomic mass is 9.82. The van der Waals surface area contributed by atoms with Gasteiger partial charge in [-0.3, -0.25) is 0 Å². The molecule has 1 aliphatic heterocycles. The minimum Gasteiger partial charge on any atom is -0.464 e. The standard InChI is InChI=1S/C15H21N3O2/c1-9-3-5-10(6-4-9)14-17-12-8-16-7-11(12)13(18-14)15(19)20-2/h9-10,16H,3-8H2,1-2H3. The zero-order valence-electron chi connectivity index (χ0n) is 12.1. The van der Waals surface area contributed by atoms with Gasteiger partial charge >= 0.3 is 5.97 Å². The molecule has 0 radical (unpaired) electrons. The molecule has 1 aliphatic carbocycles. The first-order chi connectivity index (χ1) is 9.69. The van der Waals surface area contributed by atoms with Crippen molar-refractivity contribution in [3.63, 3.8) is 0 Å². The maximum Gasteiger partial charge on any atom is 0.357 e. The molecule has 0 saturated heterocycles. The Morgan fingerprint density at radius 1 is 1.20 bits per heavy atom. The smallest absolute Gasteiger partial charge is 0.357 e. The number of hydrogen-bond donors (Lipinski definition) is 1. The predicted molar refractivity (Wildman–Crippen MR) is 74.3 cm³/mol. The van der Waals surface area contributed by atoms with Crippen LogP contribution in [0.15, 0.2) is 0 Å². The van der Waals surface area contributed by atoms with E-state index in [-0.39, 0.29) is 5.97 Å². The molecular formula is C15H21N3O2. The molecule has 0 atom stereocenters. The third-order valence-electron chi connectivity index (χ3n) is 4.46. The van der Waals surface area contributed by atoms with Crippen molar-refractivity contribution in [1.29, 1.82) is 0 Å². The van der Waals surface area contributed by atoms with Crippen molar-refractivity contribution in [3.8, 4) is 0 Å². The van der Waals surface area contributed by atoms with Gasteiger partial charge in [0.1, 0.15) is 5.82 Å². The molecule has 2 aliphatic rings. The van der Waals surface area contributed by atoms with Crippen molar-refractivity contribution in [2.75, 3.05) is 7.11 Å². The van der Waals surface area contributed by atoms with Crippen LogP contribution in [0.4, 0.5) is 0 Å². The average Bonchev–Trinajstić information content (AvgIpc) is 2.94. The van der Waals surface area contributed by atoms with E-state index in [1.165, 1.54) is 20.0 Å². The number of nitrogens with zero attached hydrogens (tertiary/aromatic N) is 2. The second kappa shape index (κ2) is 5.48. The Morgan fingerprint density at radius 2 is 1.95 bits per heavy atom. The van der Waals surface area contributed by atoms with Crippen molar-refractivity contribution in [3.05, 3.63) is 22.8 Å². The van der Waals surface area contributed by atoms with Gasteiger partial charge in [-0.2, -0.15) is 0 Å². The lowest BCUT2D eigenvalue weighted by Gasteiger charge is -2.25. The zero-order chi connectivity index (χ0) is 14.1. The highest BCUT2D eigenvalue weighted by Gasteiger charge is 2.28. The summed E-state index contributed by atoms with van der Waals surface area (Å²) in [5.41, 5.74) is 2.33. The van der Waals surface area contributed by atoms with Gasteiger partial charge < -0.3 is 10.1 Å². The first-order valence-electron chi connectivity index (χ1n) is 7.37. The molecular weight excluding hydrogens is 254 g/mol. The summed E-state index contributed by atoms with van der Waals surface area (Å²) in [5.74, 6) is 1.67. The van der Waals surface area contributed by atoms with Crippen LogP contribution >= 0.6 is 0 Å². The zero-order valence-corrected chi connectivity index (χ0v) is 12.1. The van der Waals surface area contributed by atoms with Crippen molar-refractivity contribution in [2.24, 2.45) is 5.92 Å². The highest BCUT2D eigenvalue weighted by molar-refractivity contribution is 5.89. The molecule has 1 fully saturated rings. The van der Waals surface area contributed by atoms with E-state index in [9.17, 15) is 4.79 Å². The van der Waals surface area contributed by atoms with Gasteiger partial charge in [0.05, 0.1) is 12.8 Å². The highest BCUT2D eigenvalue weighted by atomic mass is 16.5. The fourth-order valence-electron chi connectivity index (χ4n) is 3.15. The number of carbonyl (C=O) groups is 1. The average molecular weight is 275 g/mol.